The highest BCUT2D eigenvalue weighted by Crippen LogP contribution is 2.22. The molecule has 0 atom stereocenters. The van der Waals surface area contributed by atoms with Gasteiger partial charge in [-0.15, -0.1) is 0 Å². The van der Waals surface area contributed by atoms with Gasteiger partial charge in [-0.1, -0.05) is 29.8 Å². The molecule has 1 aliphatic heterocycles. The summed E-state index contributed by atoms with van der Waals surface area (Å²) in [6, 6.07) is 16.8. The standard InChI is InChI=1S/C21H20ClN5O/c22-17-5-1-2-6-18(17)25-21(28)19-9-8-16(15-24-19)26-11-13-27(14-12-26)20-7-3-4-10-23-20/h1-10,15H,11-14H2,(H,25,28). The number of hydrogen-bond acceptors (Lipinski definition) is 5. The van der Waals surface area contributed by atoms with E-state index in [-0.39, 0.29) is 5.91 Å². The Morgan fingerprint density at radius 2 is 1.64 bits per heavy atom. The van der Waals surface area contributed by atoms with Crippen molar-refractivity contribution in [3.63, 3.8) is 0 Å². The molecule has 0 unspecified atom stereocenters. The summed E-state index contributed by atoms with van der Waals surface area (Å²) < 4.78 is 0. The lowest BCUT2D eigenvalue weighted by Crippen LogP contribution is -2.46. The van der Waals surface area contributed by atoms with Crippen molar-refractivity contribution in [3.05, 3.63) is 77.7 Å². The molecule has 3 heterocycles. The minimum absolute atomic E-state index is 0.278. The number of anilines is 3. The molecule has 1 aliphatic rings. The Balaban J connectivity index is 1.37. The third kappa shape index (κ3) is 4.07. The Hall–Kier alpha value is -3.12. The van der Waals surface area contributed by atoms with Gasteiger partial charge in [0, 0.05) is 32.4 Å². The number of nitrogens with one attached hydrogen (secondary N) is 1. The lowest BCUT2D eigenvalue weighted by atomic mass is 10.2. The molecule has 0 saturated carbocycles. The van der Waals surface area contributed by atoms with E-state index >= 15 is 0 Å². The maximum Gasteiger partial charge on any atom is 0.274 e. The van der Waals surface area contributed by atoms with Gasteiger partial charge >= 0.3 is 0 Å². The first-order chi connectivity index (χ1) is 13.7. The zero-order valence-corrected chi connectivity index (χ0v) is 16.0. The fraction of sp³-hybridized carbons (Fsp3) is 0.190. The van der Waals surface area contributed by atoms with Crippen molar-refractivity contribution in [1.29, 1.82) is 0 Å². The molecule has 0 radical (unpaired) electrons. The van der Waals surface area contributed by atoms with Crippen LogP contribution < -0.4 is 15.1 Å². The second-order valence-electron chi connectivity index (χ2n) is 6.50. The number of nitrogens with zero attached hydrogens (tertiary/aromatic N) is 4. The van der Waals surface area contributed by atoms with Crippen LogP contribution in [-0.4, -0.2) is 42.1 Å². The number of aromatic nitrogens is 2. The van der Waals surface area contributed by atoms with Crippen LogP contribution in [0, 0.1) is 0 Å². The summed E-state index contributed by atoms with van der Waals surface area (Å²) >= 11 is 6.09. The fourth-order valence-electron chi connectivity index (χ4n) is 3.19. The van der Waals surface area contributed by atoms with E-state index in [4.69, 9.17) is 11.6 Å². The van der Waals surface area contributed by atoms with Gasteiger partial charge in [0.1, 0.15) is 11.5 Å². The molecular formula is C21H20ClN5O. The molecule has 28 heavy (non-hydrogen) atoms. The normalized spacial score (nSPS) is 14.0. The van der Waals surface area contributed by atoms with Crippen molar-refractivity contribution in [1.82, 2.24) is 9.97 Å². The Kier molecular flexibility index (Phi) is 5.39. The van der Waals surface area contributed by atoms with E-state index in [9.17, 15) is 4.79 Å². The maximum absolute atomic E-state index is 12.4. The second-order valence-corrected chi connectivity index (χ2v) is 6.90. The molecule has 7 heteroatoms. The first-order valence-corrected chi connectivity index (χ1v) is 9.51. The summed E-state index contributed by atoms with van der Waals surface area (Å²) in [6.45, 7) is 3.55. The molecule has 0 aliphatic carbocycles. The molecule has 142 valence electrons. The summed E-state index contributed by atoms with van der Waals surface area (Å²) in [4.78, 5) is 25.7. The molecule has 1 saturated heterocycles. The third-order valence-corrected chi connectivity index (χ3v) is 5.05. The van der Waals surface area contributed by atoms with Gasteiger partial charge in [0.2, 0.25) is 0 Å². The van der Waals surface area contributed by atoms with E-state index < -0.39 is 0 Å². The Labute approximate surface area is 168 Å². The smallest absolute Gasteiger partial charge is 0.274 e. The molecule has 6 nitrogen and oxygen atoms in total. The molecule has 1 N–H and O–H groups in total. The molecule has 1 fully saturated rings. The van der Waals surface area contributed by atoms with E-state index in [1.165, 1.54) is 0 Å². The Bertz CT molecular complexity index is 941. The van der Waals surface area contributed by atoms with Crippen molar-refractivity contribution >= 4 is 34.7 Å². The summed E-state index contributed by atoms with van der Waals surface area (Å²) in [5.74, 6) is 0.728. The molecule has 0 bridgehead atoms. The highest BCUT2D eigenvalue weighted by Gasteiger charge is 2.19. The Morgan fingerprint density at radius 3 is 2.32 bits per heavy atom. The van der Waals surface area contributed by atoms with Gasteiger partial charge < -0.3 is 15.1 Å². The summed E-state index contributed by atoms with van der Waals surface area (Å²) in [6.07, 6.45) is 3.57. The lowest BCUT2D eigenvalue weighted by molar-refractivity contribution is 0.102. The van der Waals surface area contributed by atoms with Crippen molar-refractivity contribution < 1.29 is 4.79 Å². The van der Waals surface area contributed by atoms with E-state index in [1.54, 1.807) is 24.4 Å². The topological polar surface area (TPSA) is 61.4 Å². The van der Waals surface area contributed by atoms with Gasteiger partial charge in [-0.25, -0.2) is 9.97 Å². The number of hydrogen-bond donors (Lipinski definition) is 1. The quantitative estimate of drug-likeness (QED) is 0.732. The number of carbonyl (C=O) groups excluding carboxylic acids is 1. The highest BCUT2D eigenvalue weighted by atomic mass is 35.5. The zero-order valence-electron chi connectivity index (χ0n) is 15.3. The number of halogens is 1. The largest absolute Gasteiger partial charge is 0.367 e. The highest BCUT2D eigenvalue weighted by molar-refractivity contribution is 6.33. The molecule has 3 aromatic rings. The van der Waals surface area contributed by atoms with E-state index in [2.05, 4.69) is 25.1 Å². The minimum atomic E-state index is -0.278. The van der Waals surface area contributed by atoms with E-state index in [0.29, 0.717) is 16.4 Å². The van der Waals surface area contributed by atoms with Gasteiger partial charge in [0.05, 0.1) is 22.6 Å². The molecule has 1 aromatic carbocycles. The maximum atomic E-state index is 12.4. The SMILES string of the molecule is O=C(Nc1ccccc1Cl)c1ccc(N2CCN(c3ccccn3)CC2)cn1. The molecular weight excluding hydrogens is 374 g/mol. The van der Waals surface area contributed by atoms with Gasteiger partial charge in [-0.05, 0) is 36.4 Å². The Morgan fingerprint density at radius 1 is 0.893 bits per heavy atom. The van der Waals surface area contributed by atoms with Crippen LogP contribution in [0.1, 0.15) is 10.5 Å². The lowest BCUT2D eigenvalue weighted by Gasteiger charge is -2.36. The van der Waals surface area contributed by atoms with Crippen molar-refractivity contribution in [3.8, 4) is 0 Å². The zero-order chi connectivity index (χ0) is 19.3. The van der Waals surface area contributed by atoms with Gasteiger partial charge in [0.15, 0.2) is 0 Å². The predicted molar refractivity (Wildman–Crippen MR) is 112 cm³/mol. The minimum Gasteiger partial charge on any atom is -0.367 e. The number of piperazine rings is 1. The first-order valence-electron chi connectivity index (χ1n) is 9.13. The summed E-state index contributed by atoms with van der Waals surface area (Å²) in [5.41, 5.74) is 1.94. The monoisotopic (exact) mass is 393 g/mol. The van der Waals surface area contributed by atoms with Crippen LogP contribution in [0.25, 0.3) is 0 Å². The molecule has 1 amide bonds. The van der Waals surface area contributed by atoms with E-state index in [1.807, 2.05) is 42.6 Å². The predicted octanol–water partition coefficient (Wildman–Crippen LogP) is 3.71. The third-order valence-electron chi connectivity index (χ3n) is 4.72. The number of para-hydroxylation sites is 1. The van der Waals surface area contributed by atoms with Crippen molar-refractivity contribution in [2.75, 3.05) is 41.3 Å². The van der Waals surface area contributed by atoms with Crippen LogP contribution in [0.15, 0.2) is 67.0 Å². The van der Waals surface area contributed by atoms with Gasteiger partial charge in [0.25, 0.3) is 5.91 Å². The fourth-order valence-corrected chi connectivity index (χ4v) is 3.37. The molecule has 0 spiro atoms. The number of carbonyl (C=O) groups is 1. The van der Waals surface area contributed by atoms with Gasteiger partial charge in [-0.3, -0.25) is 4.79 Å². The van der Waals surface area contributed by atoms with Crippen LogP contribution in [0.4, 0.5) is 17.2 Å². The van der Waals surface area contributed by atoms with Gasteiger partial charge in [-0.2, -0.15) is 0 Å². The van der Waals surface area contributed by atoms with Crippen molar-refractivity contribution in [2.24, 2.45) is 0 Å². The molecule has 2 aromatic heterocycles. The summed E-state index contributed by atoms with van der Waals surface area (Å²) in [5, 5.41) is 3.29. The number of benzene rings is 1. The average molecular weight is 394 g/mol. The number of pyridine rings is 2. The number of rotatable bonds is 4. The van der Waals surface area contributed by atoms with E-state index in [0.717, 1.165) is 37.7 Å². The van der Waals surface area contributed by atoms with Crippen LogP contribution in [-0.2, 0) is 0 Å². The summed E-state index contributed by atoms with van der Waals surface area (Å²) in [7, 11) is 0. The second kappa shape index (κ2) is 8.27. The molecule has 4 rings (SSSR count). The van der Waals surface area contributed by atoms with Crippen LogP contribution in [0.5, 0.6) is 0 Å². The number of amides is 1. The van der Waals surface area contributed by atoms with Crippen molar-refractivity contribution in [2.45, 2.75) is 0 Å². The van der Waals surface area contributed by atoms with Crippen LogP contribution >= 0.6 is 11.6 Å². The first kappa shape index (κ1) is 18.3. The van der Waals surface area contributed by atoms with Crippen LogP contribution in [0.3, 0.4) is 0 Å². The average Bonchev–Trinajstić information content (AvgIpc) is 2.76. The van der Waals surface area contributed by atoms with Crippen LogP contribution in [0.2, 0.25) is 5.02 Å².